The molecule has 0 spiro atoms. The Bertz CT molecular complexity index is 820. The third kappa shape index (κ3) is 2.06. The number of nitrogens with zero attached hydrogens (tertiary/aromatic N) is 2. The molecule has 0 radical (unpaired) electrons. The van der Waals surface area contributed by atoms with Crippen LogP contribution in [0, 0.1) is 10.5 Å². The van der Waals surface area contributed by atoms with Gasteiger partial charge in [0.05, 0.1) is 25.9 Å². The molecule has 2 aromatic heterocycles. The minimum atomic E-state index is -0.109. The Morgan fingerprint density at radius 1 is 1.32 bits per heavy atom. The molecule has 2 heterocycles. The summed E-state index contributed by atoms with van der Waals surface area (Å²) in [6.07, 6.45) is 1.61. The summed E-state index contributed by atoms with van der Waals surface area (Å²) in [7, 11) is 0. The summed E-state index contributed by atoms with van der Waals surface area (Å²) >= 11 is 8.05. The highest BCUT2D eigenvalue weighted by Gasteiger charge is 2.12. The first-order valence-electron chi connectivity index (χ1n) is 5.59. The summed E-state index contributed by atoms with van der Waals surface area (Å²) in [6.45, 7) is 1.92. The molecule has 0 unspecified atom stereocenters. The molecule has 96 valence electrons. The molecule has 3 rings (SSSR count). The Labute approximate surface area is 127 Å². The minimum Gasteiger partial charge on any atom is -0.289 e. The van der Waals surface area contributed by atoms with E-state index in [9.17, 15) is 4.79 Å². The quantitative estimate of drug-likeness (QED) is 0.654. The third-order valence-electron chi connectivity index (χ3n) is 2.94. The molecular formula is C13H9ClIN3O. The maximum Gasteiger partial charge on any atom is 0.280 e. The number of benzene rings is 1. The molecule has 0 aliphatic heterocycles. The van der Waals surface area contributed by atoms with Crippen LogP contribution in [0.4, 0.5) is 0 Å². The van der Waals surface area contributed by atoms with E-state index in [1.54, 1.807) is 30.5 Å². The zero-order valence-electron chi connectivity index (χ0n) is 9.95. The zero-order chi connectivity index (χ0) is 13.6. The van der Waals surface area contributed by atoms with Gasteiger partial charge in [-0.1, -0.05) is 11.6 Å². The molecule has 19 heavy (non-hydrogen) atoms. The number of nitrogens with one attached hydrogen (secondary N) is 1. The highest BCUT2D eigenvalue weighted by atomic mass is 127. The second-order valence-electron chi connectivity index (χ2n) is 4.18. The van der Waals surface area contributed by atoms with Gasteiger partial charge in [0.2, 0.25) is 0 Å². The molecule has 0 atom stereocenters. The fourth-order valence-corrected chi connectivity index (χ4v) is 2.58. The van der Waals surface area contributed by atoms with Crippen molar-refractivity contribution in [2.45, 2.75) is 6.92 Å². The Morgan fingerprint density at radius 2 is 2.00 bits per heavy atom. The molecule has 0 aliphatic carbocycles. The molecule has 0 aliphatic rings. The second-order valence-corrected chi connectivity index (χ2v) is 5.69. The predicted molar refractivity (Wildman–Crippen MR) is 84.2 cm³/mol. The zero-order valence-corrected chi connectivity index (χ0v) is 12.9. The number of aromatic nitrogens is 3. The number of H-pyrrole nitrogens is 1. The first kappa shape index (κ1) is 12.7. The van der Waals surface area contributed by atoms with Gasteiger partial charge < -0.3 is 0 Å². The van der Waals surface area contributed by atoms with E-state index in [2.05, 4.69) is 32.7 Å². The highest BCUT2D eigenvalue weighted by Crippen LogP contribution is 2.19. The summed E-state index contributed by atoms with van der Waals surface area (Å²) in [4.78, 5) is 16.6. The molecule has 0 amide bonds. The van der Waals surface area contributed by atoms with E-state index in [1.807, 2.05) is 6.92 Å². The Kier molecular flexibility index (Phi) is 3.10. The van der Waals surface area contributed by atoms with Gasteiger partial charge in [0.15, 0.2) is 0 Å². The molecule has 0 saturated heterocycles. The van der Waals surface area contributed by atoms with Crippen LogP contribution in [0.3, 0.4) is 0 Å². The van der Waals surface area contributed by atoms with Gasteiger partial charge in [0.1, 0.15) is 0 Å². The van der Waals surface area contributed by atoms with Crippen molar-refractivity contribution in [1.29, 1.82) is 0 Å². The van der Waals surface area contributed by atoms with Crippen molar-refractivity contribution in [2.24, 2.45) is 0 Å². The average Bonchev–Trinajstić information content (AvgIpc) is 2.73. The Balaban J connectivity index is 2.31. The van der Waals surface area contributed by atoms with Crippen molar-refractivity contribution < 1.29 is 0 Å². The van der Waals surface area contributed by atoms with Gasteiger partial charge in [-0.05, 0) is 53.8 Å². The molecule has 0 saturated carbocycles. The standard InChI is InChI=1S/C13H9ClIN3O/c1-7-11(15)12-10(6-16-7)13(19)18(17-12)9-4-2-8(14)3-5-9/h2-6,17H,1H3. The largest absolute Gasteiger partial charge is 0.289 e. The van der Waals surface area contributed by atoms with Crippen LogP contribution >= 0.6 is 34.2 Å². The first-order valence-corrected chi connectivity index (χ1v) is 7.05. The number of aromatic amines is 1. The summed E-state index contributed by atoms with van der Waals surface area (Å²) in [5.41, 5.74) is 2.35. The first-order chi connectivity index (χ1) is 9.08. The van der Waals surface area contributed by atoms with E-state index >= 15 is 0 Å². The SMILES string of the molecule is Cc1ncc2c(=O)n(-c3ccc(Cl)cc3)[nH]c2c1I. The van der Waals surface area contributed by atoms with E-state index in [0.29, 0.717) is 10.4 Å². The van der Waals surface area contributed by atoms with Crippen LogP contribution < -0.4 is 5.56 Å². The molecule has 3 aromatic rings. The molecule has 4 nitrogen and oxygen atoms in total. The van der Waals surface area contributed by atoms with Gasteiger partial charge in [-0.3, -0.25) is 14.9 Å². The molecule has 1 N–H and O–H groups in total. The summed E-state index contributed by atoms with van der Waals surface area (Å²) in [5, 5.41) is 4.35. The maximum atomic E-state index is 12.3. The lowest BCUT2D eigenvalue weighted by molar-refractivity contribution is 0.863. The topological polar surface area (TPSA) is 50.7 Å². The normalized spacial score (nSPS) is 11.1. The summed E-state index contributed by atoms with van der Waals surface area (Å²) in [6, 6.07) is 7.10. The fourth-order valence-electron chi connectivity index (χ4n) is 1.91. The molecular weight excluding hydrogens is 377 g/mol. The number of aryl methyl sites for hydroxylation is 1. The number of rotatable bonds is 1. The van der Waals surface area contributed by atoms with E-state index in [-0.39, 0.29) is 5.56 Å². The highest BCUT2D eigenvalue weighted by molar-refractivity contribution is 14.1. The van der Waals surface area contributed by atoms with Crippen molar-refractivity contribution in [1.82, 2.24) is 14.8 Å². The number of hydrogen-bond donors (Lipinski definition) is 1. The lowest BCUT2D eigenvalue weighted by Crippen LogP contribution is -2.14. The van der Waals surface area contributed by atoms with E-state index in [1.165, 1.54) is 4.68 Å². The number of fused-ring (bicyclic) bond motifs is 1. The van der Waals surface area contributed by atoms with E-state index in [4.69, 9.17) is 11.6 Å². The van der Waals surface area contributed by atoms with Gasteiger partial charge in [-0.15, -0.1) is 0 Å². The second kappa shape index (κ2) is 4.64. The third-order valence-corrected chi connectivity index (χ3v) is 4.51. The van der Waals surface area contributed by atoms with Crippen LogP contribution in [0.5, 0.6) is 0 Å². The van der Waals surface area contributed by atoms with Gasteiger partial charge in [-0.2, -0.15) is 0 Å². The van der Waals surface area contributed by atoms with Crippen molar-refractivity contribution >= 4 is 45.1 Å². The number of hydrogen-bond acceptors (Lipinski definition) is 2. The molecule has 0 bridgehead atoms. The van der Waals surface area contributed by atoms with Gasteiger partial charge in [-0.25, -0.2) is 4.68 Å². The van der Waals surface area contributed by atoms with Gasteiger partial charge in [0.25, 0.3) is 5.56 Å². The van der Waals surface area contributed by atoms with Crippen LogP contribution in [0.25, 0.3) is 16.6 Å². The van der Waals surface area contributed by atoms with Crippen molar-refractivity contribution in [3.63, 3.8) is 0 Å². The maximum absolute atomic E-state index is 12.3. The Hall–Kier alpha value is -1.34. The van der Waals surface area contributed by atoms with Crippen LogP contribution in [0.1, 0.15) is 5.69 Å². The number of halogens is 2. The monoisotopic (exact) mass is 385 g/mol. The predicted octanol–water partition coefficient (Wildman–Crippen LogP) is 3.28. The molecule has 0 fully saturated rings. The van der Waals surface area contributed by atoms with Gasteiger partial charge >= 0.3 is 0 Å². The molecule has 6 heteroatoms. The van der Waals surface area contributed by atoms with E-state index < -0.39 is 0 Å². The summed E-state index contributed by atoms with van der Waals surface area (Å²) < 4.78 is 2.46. The minimum absolute atomic E-state index is 0.109. The van der Waals surface area contributed by atoms with Crippen molar-refractivity contribution in [3.8, 4) is 5.69 Å². The average molecular weight is 386 g/mol. The van der Waals surface area contributed by atoms with Crippen molar-refractivity contribution in [2.75, 3.05) is 0 Å². The molecule has 1 aromatic carbocycles. The lowest BCUT2D eigenvalue weighted by atomic mass is 10.3. The lowest BCUT2D eigenvalue weighted by Gasteiger charge is -2.01. The Morgan fingerprint density at radius 3 is 2.68 bits per heavy atom. The van der Waals surface area contributed by atoms with Crippen LogP contribution in [0.15, 0.2) is 35.3 Å². The van der Waals surface area contributed by atoms with Crippen LogP contribution in [-0.2, 0) is 0 Å². The van der Waals surface area contributed by atoms with Crippen LogP contribution in [-0.4, -0.2) is 14.8 Å². The van der Waals surface area contributed by atoms with Gasteiger partial charge in [0, 0.05) is 11.2 Å². The smallest absolute Gasteiger partial charge is 0.280 e. The fraction of sp³-hybridized carbons (Fsp3) is 0.0769. The van der Waals surface area contributed by atoms with Crippen LogP contribution in [0.2, 0.25) is 5.02 Å². The summed E-state index contributed by atoms with van der Waals surface area (Å²) in [5.74, 6) is 0. The number of pyridine rings is 1. The van der Waals surface area contributed by atoms with Crippen molar-refractivity contribution in [3.05, 3.63) is 55.1 Å². The van der Waals surface area contributed by atoms with E-state index in [0.717, 1.165) is 20.5 Å².